The molecule has 0 aliphatic rings. The fourth-order valence-electron chi connectivity index (χ4n) is 0.759. The van der Waals surface area contributed by atoms with Crippen LogP contribution in [-0.2, 0) is 0 Å². The summed E-state index contributed by atoms with van der Waals surface area (Å²) in [6.45, 7) is 2.18. The Morgan fingerprint density at radius 1 is 1.55 bits per heavy atom. The molecule has 1 aromatic carbocycles. The maximum Gasteiger partial charge on any atom is 0.163 e. The third kappa shape index (κ3) is 1.83. The standard InChI is InChI=1S/C8H9FO2/c1-2-11-8-5-6(9)3-4-7(8)10/h3-5,10H,2H2,1H3. The van der Waals surface area contributed by atoms with Gasteiger partial charge in [0.05, 0.1) is 6.61 Å². The molecule has 0 unspecified atom stereocenters. The van der Waals surface area contributed by atoms with Crippen molar-refractivity contribution in [1.82, 2.24) is 0 Å². The minimum Gasteiger partial charge on any atom is -0.504 e. The Morgan fingerprint density at radius 3 is 2.91 bits per heavy atom. The van der Waals surface area contributed by atoms with Gasteiger partial charge in [-0.1, -0.05) is 0 Å². The van der Waals surface area contributed by atoms with Crippen LogP contribution in [0.2, 0.25) is 0 Å². The maximum atomic E-state index is 12.5. The Hall–Kier alpha value is -1.25. The van der Waals surface area contributed by atoms with Crippen LogP contribution in [0.25, 0.3) is 0 Å². The average Bonchev–Trinajstić information content (AvgIpc) is 1.98. The summed E-state index contributed by atoms with van der Waals surface area (Å²) in [6, 6.07) is 3.59. The number of phenolic OH excluding ortho intramolecular Hbond substituents is 1. The summed E-state index contributed by atoms with van der Waals surface area (Å²) in [6.07, 6.45) is 0. The molecule has 0 heterocycles. The van der Waals surface area contributed by atoms with E-state index in [1.165, 1.54) is 12.1 Å². The van der Waals surface area contributed by atoms with Crippen LogP contribution in [-0.4, -0.2) is 11.7 Å². The molecule has 60 valence electrons. The lowest BCUT2D eigenvalue weighted by Gasteiger charge is -2.04. The summed E-state index contributed by atoms with van der Waals surface area (Å²) in [5, 5.41) is 9.07. The molecule has 2 nitrogen and oxygen atoms in total. The van der Waals surface area contributed by atoms with Crippen LogP contribution in [0.15, 0.2) is 18.2 Å². The van der Waals surface area contributed by atoms with Gasteiger partial charge in [-0.3, -0.25) is 0 Å². The number of hydrogen-bond acceptors (Lipinski definition) is 2. The first kappa shape index (κ1) is 7.85. The number of halogens is 1. The highest BCUT2D eigenvalue weighted by Gasteiger charge is 2.01. The van der Waals surface area contributed by atoms with E-state index in [0.717, 1.165) is 6.07 Å². The molecule has 0 saturated carbocycles. The SMILES string of the molecule is CCOc1cc(F)ccc1O. The van der Waals surface area contributed by atoms with E-state index in [4.69, 9.17) is 9.84 Å². The molecule has 0 atom stereocenters. The van der Waals surface area contributed by atoms with Crippen molar-refractivity contribution in [2.24, 2.45) is 0 Å². The van der Waals surface area contributed by atoms with Gasteiger partial charge >= 0.3 is 0 Å². The van der Waals surface area contributed by atoms with Crippen molar-refractivity contribution in [1.29, 1.82) is 0 Å². The summed E-state index contributed by atoms with van der Waals surface area (Å²) < 4.78 is 17.4. The highest BCUT2D eigenvalue weighted by molar-refractivity contribution is 5.38. The summed E-state index contributed by atoms with van der Waals surface area (Å²) in [4.78, 5) is 0. The van der Waals surface area contributed by atoms with Crippen molar-refractivity contribution in [3.8, 4) is 11.5 Å². The number of ether oxygens (including phenoxy) is 1. The molecule has 0 amide bonds. The second-order valence-electron chi connectivity index (χ2n) is 2.05. The monoisotopic (exact) mass is 156 g/mol. The van der Waals surface area contributed by atoms with Crippen molar-refractivity contribution in [2.45, 2.75) is 6.92 Å². The zero-order chi connectivity index (χ0) is 8.27. The zero-order valence-electron chi connectivity index (χ0n) is 6.17. The van der Waals surface area contributed by atoms with Gasteiger partial charge in [0.1, 0.15) is 5.82 Å². The molecule has 0 fully saturated rings. The van der Waals surface area contributed by atoms with Crippen LogP contribution < -0.4 is 4.74 Å². The summed E-state index contributed by atoms with van der Waals surface area (Å²) in [5.74, 6) is -0.257. The van der Waals surface area contributed by atoms with Crippen LogP contribution in [0.3, 0.4) is 0 Å². The quantitative estimate of drug-likeness (QED) is 0.708. The van der Waals surface area contributed by atoms with Gasteiger partial charge in [0.15, 0.2) is 11.5 Å². The first-order valence-electron chi connectivity index (χ1n) is 3.35. The van der Waals surface area contributed by atoms with Gasteiger partial charge in [-0.15, -0.1) is 0 Å². The van der Waals surface area contributed by atoms with E-state index in [1.54, 1.807) is 6.92 Å². The fourth-order valence-corrected chi connectivity index (χ4v) is 0.759. The van der Waals surface area contributed by atoms with Crippen LogP contribution >= 0.6 is 0 Å². The molecule has 0 aliphatic carbocycles. The Labute approximate surface area is 64.2 Å². The molecule has 1 rings (SSSR count). The third-order valence-corrected chi connectivity index (χ3v) is 1.22. The molecule has 11 heavy (non-hydrogen) atoms. The van der Waals surface area contributed by atoms with Gasteiger partial charge < -0.3 is 9.84 Å². The number of rotatable bonds is 2. The number of phenols is 1. The fraction of sp³-hybridized carbons (Fsp3) is 0.250. The molecule has 0 aliphatic heterocycles. The van der Waals surface area contributed by atoms with Crippen molar-refractivity contribution >= 4 is 0 Å². The van der Waals surface area contributed by atoms with Crippen molar-refractivity contribution < 1.29 is 14.2 Å². The number of aromatic hydroxyl groups is 1. The number of hydrogen-bond donors (Lipinski definition) is 1. The normalized spacial score (nSPS) is 9.64. The van der Waals surface area contributed by atoms with Crippen LogP contribution in [0, 0.1) is 5.82 Å². The minimum atomic E-state index is -0.411. The predicted octanol–water partition coefficient (Wildman–Crippen LogP) is 1.93. The second kappa shape index (κ2) is 3.23. The van der Waals surface area contributed by atoms with Gasteiger partial charge in [-0.25, -0.2) is 4.39 Å². The molecule has 0 spiro atoms. The topological polar surface area (TPSA) is 29.5 Å². The van der Waals surface area contributed by atoms with E-state index in [-0.39, 0.29) is 11.5 Å². The van der Waals surface area contributed by atoms with Crippen molar-refractivity contribution in [3.63, 3.8) is 0 Å². The van der Waals surface area contributed by atoms with Crippen molar-refractivity contribution in [2.75, 3.05) is 6.61 Å². The molecule has 1 N–H and O–H groups in total. The summed E-state index contributed by atoms with van der Waals surface area (Å²) in [5.41, 5.74) is 0. The maximum absolute atomic E-state index is 12.5. The lowest BCUT2D eigenvalue weighted by molar-refractivity contribution is 0.316. The second-order valence-corrected chi connectivity index (χ2v) is 2.05. The van der Waals surface area contributed by atoms with Crippen LogP contribution in [0.5, 0.6) is 11.5 Å². The molecule has 0 radical (unpaired) electrons. The van der Waals surface area contributed by atoms with Gasteiger partial charge in [0.2, 0.25) is 0 Å². The molecular weight excluding hydrogens is 147 g/mol. The predicted molar refractivity (Wildman–Crippen MR) is 39.2 cm³/mol. The zero-order valence-corrected chi connectivity index (χ0v) is 6.17. The Morgan fingerprint density at radius 2 is 2.27 bits per heavy atom. The molecule has 0 aromatic heterocycles. The highest BCUT2D eigenvalue weighted by Crippen LogP contribution is 2.25. The summed E-state index contributed by atoms with van der Waals surface area (Å²) >= 11 is 0. The van der Waals surface area contributed by atoms with E-state index in [2.05, 4.69) is 0 Å². The van der Waals surface area contributed by atoms with Gasteiger partial charge in [-0.05, 0) is 19.1 Å². The van der Waals surface area contributed by atoms with E-state index in [0.29, 0.717) is 6.61 Å². The minimum absolute atomic E-state index is 0.0340. The highest BCUT2D eigenvalue weighted by atomic mass is 19.1. The van der Waals surface area contributed by atoms with Crippen LogP contribution in [0.1, 0.15) is 6.92 Å². The molecular formula is C8H9FO2. The van der Waals surface area contributed by atoms with Crippen molar-refractivity contribution in [3.05, 3.63) is 24.0 Å². The Kier molecular flexibility index (Phi) is 2.31. The van der Waals surface area contributed by atoms with Crippen LogP contribution in [0.4, 0.5) is 4.39 Å². The first-order chi connectivity index (χ1) is 5.24. The van der Waals surface area contributed by atoms with E-state index >= 15 is 0 Å². The number of benzene rings is 1. The third-order valence-electron chi connectivity index (χ3n) is 1.22. The summed E-state index contributed by atoms with van der Waals surface area (Å²) in [7, 11) is 0. The average molecular weight is 156 g/mol. The molecule has 3 heteroatoms. The Bertz CT molecular complexity index is 248. The lowest BCUT2D eigenvalue weighted by Crippen LogP contribution is -1.91. The lowest BCUT2D eigenvalue weighted by atomic mass is 10.3. The largest absolute Gasteiger partial charge is 0.504 e. The Balaban J connectivity index is 2.93. The van der Waals surface area contributed by atoms with E-state index in [1.807, 2.05) is 0 Å². The van der Waals surface area contributed by atoms with Gasteiger partial charge in [0.25, 0.3) is 0 Å². The smallest absolute Gasteiger partial charge is 0.163 e. The first-order valence-corrected chi connectivity index (χ1v) is 3.35. The molecule has 0 saturated heterocycles. The molecule has 1 aromatic rings. The van der Waals surface area contributed by atoms with E-state index < -0.39 is 5.82 Å². The molecule has 0 bridgehead atoms. The van der Waals surface area contributed by atoms with Gasteiger partial charge in [0, 0.05) is 6.07 Å². The van der Waals surface area contributed by atoms with E-state index in [9.17, 15) is 4.39 Å². The van der Waals surface area contributed by atoms with Gasteiger partial charge in [-0.2, -0.15) is 0 Å².